The van der Waals surface area contributed by atoms with Crippen molar-refractivity contribution >= 4 is 7.82 Å². The summed E-state index contributed by atoms with van der Waals surface area (Å²) in [4.78, 5) is 0. The van der Waals surface area contributed by atoms with Gasteiger partial charge in [0.05, 0.1) is 19.3 Å². The van der Waals surface area contributed by atoms with E-state index < -0.39 is 31.6 Å². The van der Waals surface area contributed by atoms with Gasteiger partial charge in [-0.1, -0.05) is 73.5 Å². The molecule has 2 aliphatic heterocycles. The molecule has 5 atom stereocenters. The summed E-state index contributed by atoms with van der Waals surface area (Å²) in [6.07, 6.45) is 8.68. The maximum absolute atomic E-state index is 14.3. The molecule has 0 N–H and O–H groups in total. The summed E-state index contributed by atoms with van der Waals surface area (Å²) < 4.78 is 59.6. The highest BCUT2D eigenvalue weighted by Crippen LogP contribution is 2.57. The molecule has 2 saturated heterocycles. The summed E-state index contributed by atoms with van der Waals surface area (Å²) in [5.74, 6) is -1.23. The molecule has 3 aliphatic carbocycles. The third-order valence-electron chi connectivity index (χ3n) is 9.22. The summed E-state index contributed by atoms with van der Waals surface area (Å²) in [5.41, 5.74) is 1.77. The van der Waals surface area contributed by atoms with Crippen LogP contribution in [0.1, 0.15) is 81.8 Å². The number of hydrogen-bond acceptors (Lipinski definition) is 8. The first kappa shape index (κ1) is 28.2. The minimum Gasteiger partial charge on any atom is -0.344 e. The maximum atomic E-state index is 14.3. The SMILES string of the molecule is O=P(OCc1ccccc1)(OCc1ccccc1)O[C@@H]1C[C@@H]2OC3(CCCCC3)O[C@@H]2[C@H]2OC3(CCCCC3)O[C@H]21. The number of phosphoric ester groups is 1. The minimum absolute atomic E-state index is 0.101. The molecule has 3 saturated carbocycles. The van der Waals surface area contributed by atoms with Gasteiger partial charge in [-0.15, -0.1) is 0 Å². The van der Waals surface area contributed by atoms with Crippen LogP contribution in [-0.2, 0) is 50.3 Å². The van der Waals surface area contributed by atoms with Crippen LogP contribution in [0.4, 0.5) is 0 Å². The van der Waals surface area contributed by atoms with Crippen molar-refractivity contribution in [1.29, 1.82) is 0 Å². The van der Waals surface area contributed by atoms with Crippen LogP contribution in [0.2, 0.25) is 0 Å². The summed E-state index contributed by atoms with van der Waals surface area (Å²) in [6.45, 7) is 0.202. The zero-order valence-electron chi connectivity index (χ0n) is 23.6. The molecule has 41 heavy (non-hydrogen) atoms. The van der Waals surface area contributed by atoms with Crippen molar-refractivity contribution in [2.75, 3.05) is 0 Å². The highest BCUT2D eigenvalue weighted by atomic mass is 31.2. The Bertz CT molecular complexity index is 1150. The molecule has 0 bridgehead atoms. The lowest BCUT2D eigenvalue weighted by atomic mass is 9.87. The number of benzene rings is 2. The van der Waals surface area contributed by atoms with Gasteiger partial charge in [-0.05, 0) is 36.8 Å². The van der Waals surface area contributed by atoms with Gasteiger partial charge in [0.25, 0.3) is 0 Å². The van der Waals surface area contributed by atoms with E-state index in [-0.39, 0.29) is 31.5 Å². The van der Waals surface area contributed by atoms with Crippen LogP contribution in [0.15, 0.2) is 60.7 Å². The second-order valence-electron chi connectivity index (χ2n) is 12.2. The van der Waals surface area contributed by atoms with Crippen LogP contribution in [0.5, 0.6) is 0 Å². The normalized spacial score (nSPS) is 32.1. The molecule has 0 unspecified atom stereocenters. The number of hydrogen-bond donors (Lipinski definition) is 0. The average Bonchev–Trinajstić information content (AvgIpc) is 3.55. The fourth-order valence-electron chi connectivity index (χ4n) is 7.19. The van der Waals surface area contributed by atoms with Crippen LogP contribution < -0.4 is 0 Å². The standard InChI is InChI=1S/C32H41O8P/c33-41(34-22-24-13-5-1-6-14-24,35-23-25-15-7-2-8-16-25)40-27-21-26-28(37-31(36-26)17-9-3-10-18-31)30-29(27)38-32(39-30)19-11-4-12-20-32/h1-2,5-8,13-16,26-30H,3-4,9-12,17-23H2/t26-,27+,28-,29-,30+/m0/s1. The number of phosphoric acid groups is 1. The van der Waals surface area contributed by atoms with Crippen LogP contribution >= 0.6 is 7.82 Å². The largest absolute Gasteiger partial charge is 0.475 e. The molecule has 7 rings (SSSR count). The monoisotopic (exact) mass is 584 g/mol. The number of rotatable bonds is 8. The van der Waals surface area contributed by atoms with Gasteiger partial charge in [-0.3, -0.25) is 13.6 Å². The third kappa shape index (κ3) is 6.09. The first-order valence-electron chi connectivity index (χ1n) is 15.4. The molecule has 2 spiro atoms. The van der Waals surface area contributed by atoms with Gasteiger partial charge in [0.15, 0.2) is 11.6 Å². The van der Waals surface area contributed by atoms with Gasteiger partial charge in [0.2, 0.25) is 0 Å². The van der Waals surface area contributed by atoms with Crippen molar-refractivity contribution in [1.82, 2.24) is 0 Å². The van der Waals surface area contributed by atoms with E-state index in [4.69, 9.17) is 32.5 Å². The van der Waals surface area contributed by atoms with E-state index >= 15 is 0 Å². The van der Waals surface area contributed by atoms with Crippen molar-refractivity contribution in [3.8, 4) is 0 Å². The van der Waals surface area contributed by atoms with E-state index in [1.165, 1.54) is 12.8 Å². The molecule has 2 aromatic carbocycles. The van der Waals surface area contributed by atoms with E-state index in [1.54, 1.807) is 0 Å². The van der Waals surface area contributed by atoms with Gasteiger partial charge in [-0.2, -0.15) is 0 Å². The summed E-state index contributed by atoms with van der Waals surface area (Å²) in [5, 5.41) is 0. The van der Waals surface area contributed by atoms with Crippen molar-refractivity contribution in [3.63, 3.8) is 0 Å². The molecule has 0 aromatic heterocycles. The minimum atomic E-state index is -4.03. The second-order valence-corrected chi connectivity index (χ2v) is 13.8. The Labute approximate surface area is 242 Å². The fourth-order valence-corrected chi connectivity index (χ4v) is 8.54. The Hall–Kier alpha value is -1.61. The molecule has 5 aliphatic rings. The second kappa shape index (κ2) is 11.8. The topological polar surface area (TPSA) is 81.7 Å². The zero-order chi connectivity index (χ0) is 27.8. The molecule has 222 valence electrons. The van der Waals surface area contributed by atoms with Gasteiger partial charge >= 0.3 is 7.82 Å². The number of ether oxygens (including phenoxy) is 4. The molecule has 0 amide bonds. The van der Waals surface area contributed by atoms with Crippen molar-refractivity contribution in [2.24, 2.45) is 0 Å². The van der Waals surface area contributed by atoms with Gasteiger partial charge in [0.1, 0.15) is 24.4 Å². The predicted molar refractivity (Wildman–Crippen MR) is 151 cm³/mol. The lowest BCUT2D eigenvalue weighted by molar-refractivity contribution is -0.220. The van der Waals surface area contributed by atoms with E-state index in [0.717, 1.165) is 62.5 Å². The summed E-state index contributed by atoms with van der Waals surface area (Å²) >= 11 is 0. The summed E-state index contributed by atoms with van der Waals surface area (Å²) in [6, 6.07) is 19.3. The zero-order valence-corrected chi connectivity index (χ0v) is 24.5. The first-order valence-corrected chi connectivity index (χ1v) is 16.9. The Morgan fingerprint density at radius 2 is 1.12 bits per heavy atom. The van der Waals surface area contributed by atoms with E-state index in [0.29, 0.717) is 6.42 Å². The first-order chi connectivity index (χ1) is 20.0. The van der Waals surface area contributed by atoms with E-state index in [9.17, 15) is 4.57 Å². The third-order valence-corrected chi connectivity index (χ3v) is 10.6. The Balaban J connectivity index is 1.15. The average molecular weight is 585 g/mol. The van der Waals surface area contributed by atoms with Crippen molar-refractivity contribution in [3.05, 3.63) is 71.8 Å². The maximum Gasteiger partial charge on any atom is 0.475 e. The molecule has 2 aromatic rings. The van der Waals surface area contributed by atoms with Crippen molar-refractivity contribution in [2.45, 2.75) is 126 Å². The number of fused-ring (bicyclic) bond motifs is 3. The molecule has 2 heterocycles. The van der Waals surface area contributed by atoms with Gasteiger partial charge in [-0.25, -0.2) is 4.57 Å². The van der Waals surface area contributed by atoms with Crippen LogP contribution in [0.25, 0.3) is 0 Å². The predicted octanol–water partition coefficient (Wildman–Crippen LogP) is 7.21. The molecule has 0 radical (unpaired) electrons. The van der Waals surface area contributed by atoms with Gasteiger partial charge < -0.3 is 18.9 Å². The Morgan fingerprint density at radius 1 is 0.634 bits per heavy atom. The lowest BCUT2D eigenvalue weighted by Gasteiger charge is -2.37. The molecule has 8 nitrogen and oxygen atoms in total. The van der Waals surface area contributed by atoms with E-state index in [1.807, 2.05) is 60.7 Å². The van der Waals surface area contributed by atoms with Gasteiger partial charge in [0, 0.05) is 32.1 Å². The molecular weight excluding hydrogens is 543 g/mol. The van der Waals surface area contributed by atoms with Crippen LogP contribution in [-0.4, -0.2) is 42.1 Å². The van der Waals surface area contributed by atoms with Crippen molar-refractivity contribution < 1.29 is 37.1 Å². The lowest BCUT2D eigenvalue weighted by Crippen LogP contribution is -2.53. The van der Waals surface area contributed by atoms with Crippen LogP contribution in [0, 0.1) is 0 Å². The smallest absolute Gasteiger partial charge is 0.344 e. The Morgan fingerprint density at radius 3 is 1.68 bits per heavy atom. The summed E-state index contributed by atoms with van der Waals surface area (Å²) in [7, 11) is -4.03. The fraction of sp³-hybridized carbons (Fsp3) is 0.625. The van der Waals surface area contributed by atoms with Crippen LogP contribution in [0.3, 0.4) is 0 Å². The molecule has 5 fully saturated rings. The highest BCUT2D eigenvalue weighted by molar-refractivity contribution is 7.48. The highest BCUT2D eigenvalue weighted by Gasteiger charge is 2.64. The molecule has 9 heteroatoms. The van der Waals surface area contributed by atoms with E-state index in [2.05, 4.69) is 0 Å². The molecular formula is C32H41O8P. The quantitative estimate of drug-likeness (QED) is 0.301. The Kier molecular flexibility index (Phi) is 8.12.